The molecule has 1 N–H and O–H groups in total. The number of amides is 1. The molecule has 1 atom stereocenters. The predicted octanol–water partition coefficient (Wildman–Crippen LogP) is 4.09. The van der Waals surface area contributed by atoms with Gasteiger partial charge in [0.05, 0.1) is 6.04 Å². The molecule has 1 amide bonds. The van der Waals surface area contributed by atoms with Gasteiger partial charge in [0, 0.05) is 42.4 Å². The smallest absolute Gasteiger partial charge is 0.241 e. The standard InChI is InChI=1S/C21H26FN3OS/c1-16(21(26)23-18-6-10-20(27-2)11-7-18)24-12-3-13-25(15-14-24)19-8-4-17(22)5-9-19/h4-11,16H,3,12-15H2,1-2H3,(H,23,26). The molecule has 2 aromatic carbocycles. The first-order valence-corrected chi connectivity index (χ1v) is 10.5. The fourth-order valence-corrected chi connectivity index (χ4v) is 3.73. The second-order valence-electron chi connectivity index (χ2n) is 6.75. The second-order valence-corrected chi connectivity index (χ2v) is 7.63. The Balaban J connectivity index is 1.57. The SMILES string of the molecule is CSc1ccc(NC(=O)C(C)N2CCCN(c3ccc(F)cc3)CC2)cc1. The monoisotopic (exact) mass is 387 g/mol. The molecular formula is C21H26FN3OS. The van der Waals surface area contributed by atoms with Crippen LogP contribution < -0.4 is 10.2 Å². The molecule has 4 nitrogen and oxygen atoms in total. The summed E-state index contributed by atoms with van der Waals surface area (Å²) < 4.78 is 13.1. The molecule has 1 heterocycles. The van der Waals surface area contributed by atoms with Crippen LogP contribution in [0.25, 0.3) is 0 Å². The molecule has 2 aromatic rings. The number of carbonyl (C=O) groups is 1. The van der Waals surface area contributed by atoms with Crippen LogP contribution in [0.1, 0.15) is 13.3 Å². The Morgan fingerprint density at radius 2 is 1.74 bits per heavy atom. The fourth-order valence-electron chi connectivity index (χ4n) is 3.32. The fraction of sp³-hybridized carbons (Fsp3) is 0.381. The molecule has 1 unspecified atom stereocenters. The Morgan fingerprint density at radius 1 is 1.04 bits per heavy atom. The summed E-state index contributed by atoms with van der Waals surface area (Å²) in [7, 11) is 0. The van der Waals surface area contributed by atoms with Crippen LogP contribution in [0.4, 0.5) is 15.8 Å². The minimum absolute atomic E-state index is 0.0159. The highest BCUT2D eigenvalue weighted by molar-refractivity contribution is 7.98. The van der Waals surface area contributed by atoms with Gasteiger partial charge in [-0.15, -0.1) is 11.8 Å². The lowest BCUT2D eigenvalue weighted by molar-refractivity contribution is -0.120. The van der Waals surface area contributed by atoms with Gasteiger partial charge in [-0.2, -0.15) is 0 Å². The van der Waals surface area contributed by atoms with Crippen LogP contribution in [-0.2, 0) is 4.79 Å². The van der Waals surface area contributed by atoms with Gasteiger partial charge in [0.1, 0.15) is 5.82 Å². The van der Waals surface area contributed by atoms with Gasteiger partial charge >= 0.3 is 0 Å². The Labute approximate surface area is 164 Å². The van der Waals surface area contributed by atoms with Crippen molar-refractivity contribution in [1.29, 1.82) is 0 Å². The van der Waals surface area contributed by atoms with E-state index < -0.39 is 0 Å². The maximum absolute atomic E-state index is 13.1. The minimum atomic E-state index is -0.217. The molecule has 1 saturated heterocycles. The third kappa shape index (κ3) is 5.23. The Morgan fingerprint density at radius 3 is 2.41 bits per heavy atom. The van der Waals surface area contributed by atoms with Crippen molar-refractivity contribution in [1.82, 2.24) is 4.90 Å². The number of halogens is 1. The lowest BCUT2D eigenvalue weighted by atomic mass is 10.2. The number of thioether (sulfide) groups is 1. The zero-order valence-corrected chi connectivity index (χ0v) is 16.6. The third-order valence-corrected chi connectivity index (χ3v) is 5.75. The molecule has 3 rings (SSSR count). The molecular weight excluding hydrogens is 361 g/mol. The highest BCUT2D eigenvalue weighted by Gasteiger charge is 2.24. The summed E-state index contributed by atoms with van der Waals surface area (Å²) in [5, 5.41) is 3.01. The van der Waals surface area contributed by atoms with Crippen molar-refractivity contribution in [2.45, 2.75) is 24.3 Å². The van der Waals surface area contributed by atoms with Gasteiger partial charge in [-0.05, 0) is 68.1 Å². The van der Waals surface area contributed by atoms with Crippen LogP contribution in [0.2, 0.25) is 0 Å². The van der Waals surface area contributed by atoms with Gasteiger partial charge in [-0.1, -0.05) is 0 Å². The molecule has 1 fully saturated rings. The van der Waals surface area contributed by atoms with Crippen molar-refractivity contribution >= 4 is 29.0 Å². The zero-order valence-electron chi connectivity index (χ0n) is 15.8. The van der Waals surface area contributed by atoms with Crippen LogP contribution in [-0.4, -0.2) is 49.3 Å². The molecule has 0 saturated carbocycles. The van der Waals surface area contributed by atoms with Gasteiger partial charge in [-0.25, -0.2) is 4.39 Å². The van der Waals surface area contributed by atoms with Crippen molar-refractivity contribution in [2.24, 2.45) is 0 Å². The number of benzene rings is 2. The van der Waals surface area contributed by atoms with E-state index in [2.05, 4.69) is 15.1 Å². The summed E-state index contributed by atoms with van der Waals surface area (Å²) in [6.07, 6.45) is 3.00. The van der Waals surface area contributed by atoms with Crippen LogP contribution in [0.5, 0.6) is 0 Å². The first-order chi connectivity index (χ1) is 13.1. The zero-order chi connectivity index (χ0) is 19.2. The highest BCUT2D eigenvalue weighted by Crippen LogP contribution is 2.20. The van der Waals surface area contributed by atoms with E-state index in [0.717, 1.165) is 44.0 Å². The molecule has 1 aliphatic heterocycles. The van der Waals surface area contributed by atoms with Gasteiger partial charge in [0.15, 0.2) is 0 Å². The summed E-state index contributed by atoms with van der Waals surface area (Å²) in [5.74, 6) is -0.201. The van der Waals surface area contributed by atoms with E-state index in [9.17, 15) is 9.18 Å². The van der Waals surface area contributed by atoms with E-state index >= 15 is 0 Å². The largest absolute Gasteiger partial charge is 0.370 e. The van der Waals surface area contributed by atoms with E-state index in [0.29, 0.717) is 0 Å². The maximum Gasteiger partial charge on any atom is 0.241 e. The Kier molecular flexibility index (Phi) is 6.74. The van der Waals surface area contributed by atoms with Crippen molar-refractivity contribution in [2.75, 3.05) is 42.7 Å². The lowest BCUT2D eigenvalue weighted by Crippen LogP contribution is -2.43. The first kappa shape index (κ1) is 19.7. The minimum Gasteiger partial charge on any atom is -0.370 e. The van der Waals surface area contributed by atoms with Gasteiger partial charge in [0.25, 0.3) is 0 Å². The Bertz CT molecular complexity index is 751. The van der Waals surface area contributed by atoms with Crippen molar-refractivity contribution in [3.63, 3.8) is 0 Å². The molecule has 0 spiro atoms. The average molecular weight is 388 g/mol. The Hall–Kier alpha value is -2.05. The van der Waals surface area contributed by atoms with Crippen LogP contribution in [0.15, 0.2) is 53.4 Å². The van der Waals surface area contributed by atoms with E-state index in [-0.39, 0.29) is 17.8 Å². The van der Waals surface area contributed by atoms with Crippen molar-refractivity contribution < 1.29 is 9.18 Å². The van der Waals surface area contributed by atoms with E-state index in [1.807, 2.05) is 49.6 Å². The van der Waals surface area contributed by atoms with Gasteiger partial charge < -0.3 is 10.2 Å². The van der Waals surface area contributed by atoms with Crippen molar-refractivity contribution in [3.05, 3.63) is 54.3 Å². The van der Waals surface area contributed by atoms with E-state index in [1.54, 1.807) is 11.8 Å². The molecule has 0 radical (unpaired) electrons. The normalized spacial score (nSPS) is 16.6. The predicted molar refractivity (Wildman–Crippen MR) is 111 cm³/mol. The van der Waals surface area contributed by atoms with Crippen LogP contribution >= 0.6 is 11.8 Å². The number of anilines is 2. The summed E-state index contributed by atoms with van der Waals surface area (Å²) >= 11 is 1.68. The van der Waals surface area contributed by atoms with Gasteiger partial charge in [0.2, 0.25) is 5.91 Å². The second kappa shape index (κ2) is 9.24. The highest BCUT2D eigenvalue weighted by atomic mass is 32.2. The van der Waals surface area contributed by atoms with E-state index in [1.165, 1.54) is 17.0 Å². The average Bonchev–Trinajstić information content (AvgIpc) is 2.95. The van der Waals surface area contributed by atoms with Crippen LogP contribution in [0, 0.1) is 5.82 Å². The summed E-state index contributed by atoms with van der Waals surface area (Å²) in [5.41, 5.74) is 1.86. The van der Waals surface area contributed by atoms with Crippen LogP contribution in [0.3, 0.4) is 0 Å². The topological polar surface area (TPSA) is 35.6 Å². The molecule has 0 aromatic heterocycles. The maximum atomic E-state index is 13.1. The number of hydrogen-bond donors (Lipinski definition) is 1. The molecule has 6 heteroatoms. The quantitative estimate of drug-likeness (QED) is 0.784. The summed E-state index contributed by atoms with van der Waals surface area (Å²) in [4.78, 5) is 18.3. The van der Waals surface area contributed by atoms with Crippen molar-refractivity contribution in [3.8, 4) is 0 Å². The molecule has 1 aliphatic rings. The summed E-state index contributed by atoms with van der Waals surface area (Å²) in [6, 6.07) is 14.3. The number of nitrogens with zero attached hydrogens (tertiary/aromatic N) is 2. The number of rotatable bonds is 5. The third-order valence-electron chi connectivity index (χ3n) is 5.01. The molecule has 144 valence electrons. The summed E-state index contributed by atoms with van der Waals surface area (Å²) in [6.45, 7) is 5.37. The number of nitrogens with one attached hydrogen (secondary N) is 1. The number of carbonyl (C=O) groups excluding carboxylic acids is 1. The molecule has 27 heavy (non-hydrogen) atoms. The first-order valence-electron chi connectivity index (χ1n) is 9.26. The molecule has 0 bridgehead atoms. The van der Waals surface area contributed by atoms with Gasteiger partial charge in [-0.3, -0.25) is 9.69 Å². The lowest BCUT2D eigenvalue weighted by Gasteiger charge is -2.27. The molecule has 0 aliphatic carbocycles. The number of hydrogen-bond acceptors (Lipinski definition) is 4. The van der Waals surface area contributed by atoms with E-state index in [4.69, 9.17) is 0 Å².